The third-order valence-corrected chi connectivity index (χ3v) is 21.5. The number of nitrogens with one attached hydrogen (secondary N) is 3. The maximum atomic E-state index is 13.5. The quantitative estimate of drug-likeness (QED) is 0.0487. The van der Waals surface area contributed by atoms with Gasteiger partial charge >= 0.3 is 18.3 Å². The Bertz CT molecular complexity index is 5710. The summed E-state index contributed by atoms with van der Waals surface area (Å²) in [7, 11) is 0. The molecular formula is C88H76Cl4F2N14O10. The standard InChI is InChI=1S/C30H26ClFN4O3.C29H25Cl2N5O4.C29H25ClFN5O3/c31-21-4-11-27-26(18-21)25-12-15-36(30(37)39-24-9-5-22(32)6-10-24)29(28(25)34-27)20-2-7-23(8-3-20)38-17-1-14-35-16-13-33-19-35;30-19-3-8-23(9-4-19)40-29(38)36-12-11-24-25-13-20(31)5-10-26(25)34-27(24)28(36)18-1-6-22(7-2-18)39-15-21(37)14-35-17-32-16-33-35;30-20-4-11-26-25(18-20)24-12-15-36(29(37)39-23-9-5-21(31)6-10-23)28(27(24)33-26)19-2-7-22(8-3-19)38-17-1-14-35-16-13-32-34-35/h2-11,13,16,18-19,29,34H,1,12,14-15,17H2;1-10,13,16-17,21,28,34,37H,11-12,14-15H2;2-11,13,16,18,28,33H,1,12,14-15,17H2. The topological polar surface area (TPSA) is 263 Å². The Hall–Kier alpha value is -12.7. The Kier molecular flexibility index (Phi) is 24.3. The molecule has 0 saturated carbocycles. The van der Waals surface area contributed by atoms with Crippen molar-refractivity contribution in [3.63, 3.8) is 0 Å². The van der Waals surface area contributed by atoms with Gasteiger partial charge in [-0.05, 0) is 223 Å². The van der Waals surface area contributed by atoms with Crippen molar-refractivity contribution in [1.29, 1.82) is 0 Å². The average Bonchev–Trinajstić information content (AvgIpc) is 1.63. The van der Waals surface area contributed by atoms with Crippen LogP contribution in [-0.4, -0.2) is 138 Å². The molecule has 4 unspecified atom stereocenters. The zero-order valence-corrected chi connectivity index (χ0v) is 66.1. The molecule has 9 heterocycles. The van der Waals surface area contributed by atoms with Crippen LogP contribution in [-0.2, 0) is 38.9 Å². The van der Waals surface area contributed by atoms with Crippen molar-refractivity contribution in [2.75, 3.05) is 39.5 Å². The Morgan fingerprint density at radius 1 is 0.449 bits per heavy atom. The number of carbonyl (C=O) groups excluding carboxylic acids is 3. The van der Waals surface area contributed by atoms with Crippen molar-refractivity contribution in [1.82, 2.24) is 69.0 Å². The van der Waals surface area contributed by atoms with Gasteiger partial charge in [0.2, 0.25) is 0 Å². The first kappa shape index (κ1) is 79.1. The van der Waals surface area contributed by atoms with Crippen molar-refractivity contribution in [3.05, 3.63) is 326 Å². The van der Waals surface area contributed by atoms with Gasteiger partial charge < -0.3 is 53.0 Å². The number of aromatic nitrogens is 11. The van der Waals surface area contributed by atoms with E-state index in [1.165, 1.54) is 61.2 Å². The molecule has 3 aliphatic heterocycles. The lowest BCUT2D eigenvalue weighted by atomic mass is 9.92. The summed E-state index contributed by atoms with van der Waals surface area (Å²) in [5.74, 6) is 2.27. The number of aliphatic hydroxyl groups excluding tert-OH is 1. The molecule has 6 aromatic heterocycles. The molecule has 0 radical (unpaired) electrons. The second kappa shape index (κ2) is 36.2. The van der Waals surface area contributed by atoms with Crippen molar-refractivity contribution >= 4 is 97.4 Å². The van der Waals surface area contributed by atoms with Gasteiger partial charge in [0.15, 0.2) is 0 Å². The van der Waals surface area contributed by atoms with E-state index in [1.807, 2.05) is 144 Å². The summed E-state index contributed by atoms with van der Waals surface area (Å²) in [6.07, 6.45) is 13.2. The van der Waals surface area contributed by atoms with Crippen LogP contribution in [0, 0.1) is 11.6 Å². The number of imidazole rings is 1. The van der Waals surface area contributed by atoms with Gasteiger partial charge in [-0.3, -0.25) is 24.1 Å². The summed E-state index contributed by atoms with van der Waals surface area (Å²) in [6, 6.07) is 56.5. The highest BCUT2D eigenvalue weighted by atomic mass is 35.5. The maximum absolute atomic E-state index is 13.5. The molecule has 30 heteroatoms. The largest absolute Gasteiger partial charge is 0.494 e. The third-order valence-electron chi connectivity index (χ3n) is 20.6. The lowest BCUT2D eigenvalue weighted by Crippen LogP contribution is -2.42. The lowest BCUT2D eigenvalue weighted by molar-refractivity contribution is 0.0892. The number of hydrogen-bond acceptors (Lipinski definition) is 15. The summed E-state index contributed by atoms with van der Waals surface area (Å²) < 4.78 is 66.7. The van der Waals surface area contributed by atoms with Gasteiger partial charge in [-0.15, -0.1) is 5.10 Å². The number of carbonyl (C=O) groups is 3. The predicted molar refractivity (Wildman–Crippen MR) is 442 cm³/mol. The molecule has 24 nitrogen and oxygen atoms in total. The summed E-state index contributed by atoms with van der Waals surface area (Å²) in [6.45, 7) is 4.37. The number of hydrogen-bond donors (Lipinski definition) is 4. The molecule has 3 amide bonds. The monoisotopic (exact) mass is 1670 g/mol. The molecule has 9 aromatic carbocycles. The van der Waals surface area contributed by atoms with Gasteiger partial charge in [0.1, 0.15) is 89.6 Å². The maximum Gasteiger partial charge on any atom is 0.416 e. The summed E-state index contributed by atoms with van der Waals surface area (Å²) >= 11 is 24.9. The van der Waals surface area contributed by atoms with Gasteiger partial charge in [0, 0.05) is 128 Å². The Labute approximate surface area is 694 Å². The number of aromatic amines is 3. The fourth-order valence-corrected chi connectivity index (χ4v) is 15.7. The van der Waals surface area contributed by atoms with Crippen LogP contribution in [0.5, 0.6) is 34.5 Å². The summed E-state index contributed by atoms with van der Waals surface area (Å²) in [4.78, 5) is 63.8. The molecule has 0 spiro atoms. The van der Waals surface area contributed by atoms with Crippen LogP contribution >= 0.6 is 46.4 Å². The molecule has 0 fully saturated rings. The minimum absolute atomic E-state index is 0.0924. The van der Waals surface area contributed by atoms with E-state index in [2.05, 4.69) is 40.3 Å². The fourth-order valence-electron chi connectivity index (χ4n) is 15.1. The van der Waals surface area contributed by atoms with Crippen LogP contribution in [0.2, 0.25) is 20.1 Å². The summed E-state index contributed by atoms with van der Waals surface area (Å²) in [5, 5.41) is 27.7. The molecule has 0 aliphatic carbocycles. The van der Waals surface area contributed by atoms with E-state index in [-0.39, 0.29) is 24.7 Å². The van der Waals surface area contributed by atoms with E-state index in [0.717, 1.165) is 121 Å². The van der Waals surface area contributed by atoms with Crippen LogP contribution in [0.15, 0.2) is 244 Å². The molecule has 118 heavy (non-hydrogen) atoms. The van der Waals surface area contributed by atoms with E-state index in [4.69, 9.17) is 74.8 Å². The molecule has 0 saturated heterocycles. The van der Waals surface area contributed by atoms with Crippen LogP contribution in [0.1, 0.15) is 81.4 Å². The molecule has 4 atom stereocenters. The minimum Gasteiger partial charge on any atom is -0.494 e. The molecule has 4 N–H and O–H groups in total. The number of aliphatic hydroxyl groups is 1. The normalized spacial score (nSPS) is 15.1. The predicted octanol–water partition coefficient (Wildman–Crippen LogP) is 18.6. The van der Waals surface area contributed by atoms with Gasteiger partial charge in [0.05, 0.1) is 32.3 Å². The first-order chi connectivity index (χ1) is 57.5. The van der Waals surface area contributed by atoms with Crippen LogP contribution in [0.4, 0.5) is 23.2 Å². The van der Waals surface area contributed by atoms with Gasteiger partial charge in [-0.2, -0.15) is 5.10 Å². The number of nitrogens with zero attached hydrogens (tertiary/aromatic N) is 11. The van der Waals surface area contributed by atoms with Crippen LogP contribution < -0.4 is 28.4 Å². The number of amides is 3. The number of benzene rings is 9. The van der Waals surface area contributed by atoms with E-state index >= 15 is 0 Å². The number of halogens is 6. The van der Waals surface area contributed by atoms with E-state index in [0.29, 0.717) is 83.7 Å². The molecule has 600 valence electrons. The van der Waals surface area contributed by atoms with E-state index in [1.54, 1.807) is 67.0 Å². The molecular weight excluding hydrogens is 1590 g/mol. The first-order valence-corrected chi connectivity index (χ1v) is 39.7. The first-order valence-electron chi connectivity index (χ1n) is 38.2. The Morgan fingerprint density at radius 2 is 0.847 bits per heavy atom. The second-order valence-corrected chi connectivity index (χ2v) is 30.0. The van der Waals surface area contributed by atoms with Gasteiger partial charge in [-0.1, -0.05) is 88.0 Å². The molecule has 15 aromatic rings. The fraction of sp³-hybridized carbons (Fsp3) is 0.205. The van der Waals surface area contributed by atoms with Crippen molar-refractivity contribution in [2.45, 2.75) is 76.0 Å². The number of ether oxygens (including phenoxy) is 6. The number of H-pyrrole nitrogens is 3. The van der Waals surface area contributed by atoms with Gasteiger partial charge in [0.25, 0.3) is 0 Å². The third kappa shape index (κ3) is 18.6. The molecule has 18 rings (SSSR count). The number of fused-ring (bicyclic) bond motifs is 9. The van der Waals surface area contributed by atoms with Crippen LogP contribution in [0.25, 0.3) is 32.7 Å². The highest BCUT2D eigenvalue weighted by molar-refractivity contribution is 6.32. The Morgan fingerprint density at radius 3 is 1.24 bits per heavy atom. The smallest absolute Gasteiger partial charge is 0.416 e. The zero-order valence-electron chi connectivity index (χ0n) is 63.1. The highest BCUT2D eigenvalue weighted by Gasteiger charge is 2.39. The summed E-state index contributed by atoms with van der Waals surface area (Å²) in [5.41, 5.74) is 11.7. The Balaban J connectivity index is 0.000000132. The number of rotatable bonds is 21. The van der Waals surface area contributed by atoms with E-state index < -0.39 is 54.1 Å². The average molecular weight is 1670 g/mol. The van der Waals surface area contributed by atoms with Crippen molar-refractivity contribution in [3.8, 4) is 34.5 Å². The molecule has 0 bridgehead atoms. The number of aryl methyl sites for hydroxylation is 2. The minimum atomic E-state index is -0.751. The van der Waals surface area contributed by atoms with E-state index in [9.17, 15) is 28.3 Å². The van der Waals surface area contributed by atoms with Crippen LogP contribution in [0.3, 0.4) is 0 Å². The zero-order chi connectivity index (χ0) is 81.2. The SMILES string of the molecule is O=C(Oc1ccc(Cl)cc1)N1CCc2c([nH]c3ccc(Cl)cc23)C1c1ccc(OCC(O)Cn2cncn2)cc1.O=C(Oc1ccc(F)cc1)N1CCc2c([nH]c3ccc(Cl)cc23)C1c1ccc(OCCCn2ccnc2)cc1.O=C(Oc1ccc(F)cc1)N1CCc2c([nH]c3ccc(Cl)cc23)C1c1ccc(OCCCn2ccnn2)cc1. The van der Waals surface area contributed by atoms with Gasteiger partial charge in [-0.25, -0.2) is 33.1 Å². The molecule has 3 aliphatic rings. The van der Waals surface area contributed by atoms with Crippen molar-refractivity contribution < 1.29 is 56.7 Å². The second-order valence-electron chi connectivity index (χ2n) is 28.3. The highest BCUT2D eigenvalue weighted by Crippen LogP contribution is 2.44. The lowest BCUT2D eigenvalue weighted by Gasteiger charge is -2.35. The van der Waals surface area contributed by atoms with Crippen molar-refractivity contribution in [2.24, 2.45) is 0 Å².